The second-order valence-corrected chi connectivity index (χ2v) is 4.36. The van der Waals surface area contributed by atoms with Gasteiger partial charge in [-0.3, -0.25) is 0 Å². The van der Waals surface area contributed by atoms with Crippen molar-refractivity contribution < 1.29 is 9.13 Å². The van der Waals surface area contributed by atoms with Gasteiger partial charge in [0.25, 0.3) is 0 Å². The van der Waals surface area contributed by atoms with Crippen molar-refractivity contribution in [1.82, 2.24) is 20.3 Å². The first-order valence-corrected chi connectivity index (χ1v) is 6.35. The van der Waals surface area contributed by atoms with E-state index in [1.54, 1.807) is 13.2 Å². The molecule has 1 N–H and O–H groups in total. The summed E-state index contributed by atoms with van der Waals surface area (Å²) in [4.78, 5) is 12.8. The predicted octanol–water partition coefficient (Wildman–Crippen LogP) is 1.72. The maximum absolute atomic E-state index is 12.9. The highest BCUT2D eigenvalue weighted by molar-refractivity contribution is 5.48. The van der Waals surface area contributed by atoms with E-state index in [4.69, 9.17) is 4.74 Å². The molecule has 0 aliphatic heterocycles. The molecule has 0 aliphatic carbocycles. The monoisotopic (exact) mass is 276 g/mol. The Kier molecular flexibility index (Phi) is 5.09. The molecule has 5 nitrogen and oxygen atoms in total. The first-order valence-electron chi connectivity index (χ1n) is 6.35. The van der Waals surface area contributed by atoms with Crippen LogP contribution in [0.2, 0.25) is 0 Å². The average molecular weight is 276 g/mol. The Morgan fingerprint density at radius 3 is 2.85 bits per heavy atom. The molecule has 0 fully saturated rings. The molecule has 0 aromatic carbocycles. The summed E-state index contributed by atoms with van der Waals surface area (Å²) in [5.41, 5.74) is 2.28. The number of hydrogen-bond donors (Lipinski definition) is 1. The number of methoxy groups -OCH3 is 1. The second-order valence-electron chi connectivity index (χ2n) is 4.36. The van der Waals surface area contributed by atoms with E-state index in [1.165, 1.54) is 6.07 Å². The molecule has 0 bridgehead atoms. The van der Waals surface area contributed by atoms with Crippen molar-refractivity contribution in [1.29, 1.82) is 0 Å². The third-order valence-electron chi connectivity index (χ3n) is 2.65. The molecular formula is C14H17FN4O. The van der Waals surface area contributed by atoms with Gasteiger partial charge in [-0.15, -0.1) is 0 Å². The molecule has 0 aliphatic rings. The minimum Gasteiger partial charge on any atom is -0.383 e. The van der Waals surface area contributed by atoms with E-state index < -0.39 is 0 Å². The Hall–Kier alpha value is -1.92. The number of hydrogen-bond acceptors (Lipinski definition) is 5. The van der Waals surface area contributed by atoms with E-state index >= 15 is 0 Å². The Bertz CT molecular complexity index is 560. The van der Waals surface area contributed by atoms with Crippen molar-refractivity contribution in [3.63, 3.8) is 0 Å². The van der Waals surface area contributed by atoms with E-state index in [0.29, 0.717) is 24.7 Å². The van der Waals surface area contributed by atoms with Crippen molar-refractivity contribution in [3.8, 4) is 11.5 Å². The molecule has 0 saturated carbocycles. The van der Waals surface area contributed by atoms with Gasteiger partial charge in [-0.2, -0.15) is 0 Å². The number of pyridine rings is 1. The van der Waals surface area contributed by atoms with Crippen molar-refractivity contribution >= 4 is 0 Å². The van der Waals surface area contributed by atoms with Gasteiger partial charge in [0, 0.05) is 25.9 Å². The summed E-state index contributed by atoms with van der Waals surface area (Å²) in [5, 5.41) is 3.22. The van der Waals surface area contributed by atoms with Crippen LogP contribution in [-0.2, 0) is 11.3 Å². The number of ether oxygens (including phenoxy) is 1. The van der Waals surface area contributed by atoms with Crippen LogP contribution in [0, 0.1) is 12.7 Å². The summed E-state index contributed by atoms with van der Waals surface area (Å²) in [6.07, 6.45) is 1.16. The highest BCUT2D eigenvalue weighted by Crippen LogP contribution is 2.13. The molecule has 6 heteroatoms. The van der Waals surface area contributed by atoms with Gasteiger partial charge in [0.1, 0.15) is 11.5 Å². The zero-order valence-electron chi connectivity index (χ0n) is 11.6. The zero-order valence-corrected chi connectivity index (χ0v) is 11.6. The third kappa shape index (κ3) is 4.04. The maximum Gasteiger partial charge on any atom is 0.178 e. The van der Waals surface area contributed by atoms with Gasteiger partial charge >= 0.3 is 0 Å². The quantitative estimate of drug-likeness (QED) is 0.814. The van der Waals surface area contributed by atoms with Gasteiger partial charge in [-0.05, 0) is 25.1 Å². The molecule has 0 spiro atoms. The highest BCUT2D eigenvalue weighted by Gasteiger charge is 2.06. The Balaban J connectivity index is 2.13. The van der Waals surface area contributed by atoms with Crippen LogP contribution in [0.4, 0.5) is 4.39 Å². The van der Waals surface area contributed by atoms with Gasteiger partial charge in [0.15, 0.2) is 5.82 Å². The smallest absolute Gasteiger partial charge is 0.178 e. The van der Waals surface area contributed by atoms with Crippen LogP contribution in [-0.4, -0.2) is 35.2 Å². The predicted molar refractivity (Wildman–Crippen MR) is 73.5 cm³/mol. The lowest BCUT2D eigenvalue weighted by Crippen LogP contribution is -2.19. The van der Waals surface area contributed by atoms with Crippen LogP contribution in [0.25, 0.3) is 11.5 Å². The van der Waals surface area contributed by atoms with Crippen molar-refractivity contribution in [2.75, 3.05) is 20.3 Å². The fraction of sp³-hybridized carbons (Fsp3) is 0.357. The fourth-order valence-electron chi connectivity index (χ4n) is 1.74. The lowest BCUT2D eigenvalue weighted by Gasteiger charge is -2.07. The fourth-order valence-corrected chi connectivity index (χ4v) is 1.74. The molecule has 0 saturated heterocycles. The molecule has 20 heavy (non-hydrogen) atoms. The van der Waals surface area contributed by atoms with Crippen LogP contribution >= 0.6 is 0 Å². The molecule has 0 amide bonds. The molecule has 2 aromatic rings. The van der Waals surface area contributed by atoms with E-state index in [9.17, 15) is 4.39 Å². The van der Waals surface area contributed by atoms with E-state index in [-0.39, 0.29) is 5.82 Å². The molecule has 0 unspecified atom stereocenters. The van der Waals surface area contributed by atoms with E-state index in [2.05, 4.69) is 20.3 Å². The number of halogens is 1. The molecule has 2 aromatic heterocycles. The summed E-state index contributed by atoms with van der Waals surface area (Å²) in [6, 6.07) is 4.84. The molecular weight excluding hydrogens is 259 g/mol. The molecule has 106 valence electrons. The van der Waals surface area contributed by atoms with Gasteiger partial charge in [0.2, 0.25) is 0 Å². The summed E-state index contributed by atoms with van der Waals surface area (Å²) in [5.74, 6) is 0.136. The van der Waals surface area contributed by atoms with E-state index in [1.807, 2.05) is 13.0 Å². The van der Waals surface area contributed by atoms with Crippen LogP contribution in [0.5, 0.6) is 0 Å². The van der Waals surface area contributed by atoms with Crippen LogP contribution in [0.3, 0.4) is 0 Å². The van der Waals surface area contributed by atoms with Crippen LogP contribution in [0.1, 0.15) is 11.4 Å². The lowest BCUT2D eigenvalue weighted by atomic mass is 10.3. The zero-order chi connectivity index (χ0) is 14.4. The second kappa shape index (κ2) is 7.02. The first-order chi connectivity index (χ1) is 9.69. The number of nitrogens with zero attached hydrogens (tertiary/aromatic N) is 3. The minimum atomic E-state index is -0.372. The van der Waals surface area contributed by atoms with E-state index in [0.717, 1.165) is 24.1 Å². The summed E-state index contributed by atoms with van der Waals surface area (Å²) < 4.78 is 17.8. The number of nitrogens with one attached hydrogen (secondary N) is 1. The Morgan fingerprint density at radius 2 is 2.15 bits per heavy atom. The Labute approximate surface area is 117 Å². The summed E-state index contributed by atoms with van der Waals surface area (Å²) in [7, 11) is 1.66. The minimum absolute atomic E-state index is 0.372. The largest absolute Gasteiger partial charge is 0.383 e. The highest BCUT2D eigenvalue weighted by atomic mass is 19.1. The van der Waals surface area contributed by atoms with Crippen LogP contribution < -0.4 is 5.32 Å². The van der Waals surface area contributed by atoms with Crippen LogP contribution in [0.15, 0.2) is 24.4 Å². The topological polar surface area (TPSA) is 59.9 Å². The Morgan fingerprint density at radius 1 is 1.30 bits per heavy atom. The van der Waals surface area contributed by atoms with Gasteiger partial charge < -0.3 is 10.1 Å². The number of rotatable bonds is 6. The standard InChI is InChI=1S/C14H17FN4O/c1-10-7-12(9-16-5-6-20-2)19-14(18-10)13-4-3-11(15)8-17-13/h3-4,7-8,16H,5-6,9H2,1-2H3. The van der Waals surface area contributed by atoms with Crippen molar-refractivity contribution in [3.05, 3.63) is 41.6 Å². The third-order valence-corrected chi connectivity index (χ3v) is 2.65. The van der Waals surface area contributed by atoms with Gasteiger partial charge in [-0.25, -0.2) is 19.3 Å². The molecule has 2 rings (SSSR count). The number of aryl methyl sites for hydroxylation is 1. The van der Waals surface area contributed by atoms with Crippen molar-refractivity contribution in [2.24, 2.45) is 0 Å². The maximum atomic E-state index is 12.9. The van der Waals surface area contributed by atoms with Gasteiger partial charge in [-0.1, -0.05) is 0 Å². The van der Waals surface area contributed by atoms with Crippen molar-refractivity contribution in [2.45, 2.75) is 13.5 Å². The molecule has 0 radical (unpaired) electrons. The SMILES string of the molecule is COCCNCc1cc(C)nc(-c2ccc(F)cn2)n1. The number of aromatic nitrogens is 3. The summed E-state index contributed by atoms with van der Waals surface area (Å²) >= 11 is 0. The normalized spacial score (nSPS) is 10.8. The van der Waals surface area contributed by atoms with Gasteiger partial charge in [0.05, 0.1) is 18.5 Å². The summed E-state index contributed by atoms with van der Waals surface area (Å²) in [6.45, 7) is 3.92. The molecule has 2 heterocycles. The lowest BCUT2D eigenvalue weighted by molar-refractivity contribution is 0.199. The average Bonchev–Trinajstić information content (AvgIpc) is 2.44. The first kappa shape index (κ1) is 14.5. The molecule has 0 atom stereocenters.